The molecule has 2 aromatic rings. The Balaban J connectivity index is 1.59. The molecule has 1 saturated heterocycles. The van der Waals surface area contributed by atoms with Gasteiger partial charge in [0.05, 0.1) is 4.91 Å². The number of carbonyl (C=O) groups excluding carboxylic acids is 4. The van der Waals surface area contributed by atoms with Crippen LogP contribution in [-0.2, 0) is 9.59 Å². The van der Waals surface area contributed by atoms with E-state index in [0.29, 0.717) is 0 Å². The van der Waals surface area contributed by atoms with E-state index in [1.807, 2.05) is 30.3 Å². The molecular weight excluding hydrogens is 464 g/mol. The predicted molar refractivity (Wildman–Crippen MR) is 125 cm³/mol. The average Bonchev–Trinajstić information content (AvgIpc) is 3.05. The monoisotopic (exact) mass is 487 g/mol. The van der Waals surface area contributed by atoms with E-state index in [1.54, 1.807) is 19.9 Å². The van der Waals surface area contributed by atoms with Crippen LogP contribution in [0, 0.1) is 17.6 Å². The second-order valence-corrected chi connectivity index (χ2v) is 8.82. The van der Waals surface area contributed by atoms with Gasteiger partial charge in [0.1, 0.15) is 23.2 Å². The highest BCUT2D eigenvalue weighted by Crippen LogP contribution is 2.31. The fourth-order valence-corrected chi connectivity index (χ4v) is 4.12. The summed E-state index contributed by atoms with van der Waals surface area (Å²) in [5.41, 5.74) is 0.00655. The van der Waals surface area contributed by atoms with Gasteiger partial charge in [0.15, 0.2) is 0 Å². The minimum atomic E-state index is -1.08. The molecule has 1 atom stereocenters. The highest BCUT2D eigenvalue weighted by molar-refractivity contribution is 8.18. The molecule has 2 aromatic carbocycles. The maximum atomic E-state index is 13.9. The van der Waals surface area contributed by atoms with Crippen molar-refractivity contribution in [1.82, 2.24) is 15.5 Å². The number of rotatable bonds is 8. The molecule has 0 aromatic heterocycles. The number of carbonyl (C=O) groups is 4. The predicted octanol–water partition coefficient (Wildman–Crippen LogP) is 3.57. The van der Waals surface area contributed by atoms with E-state index >= 15 is 0 Å². The standard InChI is InChI=1S/C24H23F2N3O4S/c1-14(2)20(28-21(30)19-16(25)9-6-10-17(19)26)22(31)27-11-12-29-23(32)18(34-24(29)33)13-15-7-4-3-5-8-15/h3-10,13-14,20H,11-12H2,1-2H3,(H,27,31)(H,28,30)/b18-13-/t20-/m0/s1. The molecule has 34 heavy (non-hydrogen) atoms. The Labute approximate surface area is 199 Å². The van der Waals surface area contributed by atoms with Gasteiger partial charge in [-0.2, -0.15) is 0 Å². The lowest BCUT2D eigenvalue weighted by Gasteiger charge is -2.22. The van der Waals surface area contributed by atoms with Crippen molar-refractivity contribution >= 4 is 40.8 Å². The Morgan fingerprint density at radius 3 is 2.29 bits per heavy atom. The largest absolute Gasteiger partial charge is 0.353 e. The molecule has 0 unspecified atom stereocenters. The van der Waals surface area contributed by atoms with Crippen LogP contribution in [0.15, 0.2) is 53.4 Å². The number of thioether (sulfide) groups is 1. The van der Waals surface area contributed by atoms with E-state index in [-0.39, 0.29) is 18.0 Å². The second-order valence-electron chi connectivity index (χ2n) is 7.83. The maximum Gasteiger partial charge on any atom is 0.293 e. The summed E-state index contributed by atoms with van der Waals surface area (Å²) < 4.78 is 27.8. The van der Waals surface area contributed by atoms with Gasteiger partial charge in [0.25, 0.3) is 17.1 Å². The normalized spacial score (nSPS) is 15.7. The number of imide groups is 1. The van der Waals surface area contributed by atoms with E-state index in [0.717, 1.165) is 40.4 Å². The molecule has 1 heterocycles. The SMILES string of the molecule is CC(C)[C@H](NC(=O)c1c(F)cccc1F)C(=O)NCCN1C(=O)S/C(=C\c2ccccc2)C1=O. The average molecular weight is 488 g/mol. The van der Waals surface area contributed by atoms with Gasteiger partial charge in [-0.05, 0) is 41.5 Å². The summed E-state index contributed by atoms with van der Waals surface area (Å²) in [6.07, 6.45) is 1.62. The van der Waals surface area contributed by atoms with Crippen LogP contribution in [0.2, 0.25) is 0 Å². The number of nitrogens with one attached hydrogen (secondary N) is 2. The van der Waals surface area contributed by atoms with Crippen LogP contribution in [-0.4, -0.2) is 47.0 Å². The molecule has 0 saturated carbocycles. The molecule has 1 aliphatic heterocycles. The van der Waals surface area contributed by atoms with E-state index < -0.39 is 52.1 Å². The number of hydrogen-bond acceptors (Lipinski definition) is 5. The van der Waals surface area contributed by atoms with Crippen molar-refractivity contribution in [3.8, 4) is 0 Å². The van der Waals surface area contributed by atoms with Crippen LogP contribution in [0.5, 0.6) is 0 Å². The highest BCUT2D eigenvalue weighted by atomic mass is 32.2. The minimum Gasteiger partial charge on any atom is -0.353 e. The molecule has 178 valence electrons. The molecule has 0 spiro atoms. The van der Waals surface area contributed by atoms with Gasteiger partial charge in [0, 0.05) is 13.1 Å². The summed E-state index contributed by atoms with van der Waals surface area (Å²) >= 11 is 0.813. The summed E-state index contributed by atoms with van der Waals surface area (Å²) in [4.78, 5) is 51.2. The fourth-order valence-electron chi connectivity index (χ4n) is 3.26. The van der Waals surface area contributed by atoms with Gasteiger partial charge in [-0.15, -0.1) is 0 Å². The van der Waals surface area contributed by atoms with Crippen LogP contribution in [0.25, 0.3) is 6.08 Å². The molecule has 0 bridgehead atoms. The zero-order valence-electron chi connectivity index (χ0n) is 18.5. The quantitative estimate of drug-likeness (QED) is 0.555. The molecule has 0 radical (unpaired) electrons. The molecule has 10 heteroatoms. The van der Waals surface area contributed by atoms with E-state index in [9.17, 15) is 28.0 Å². The first kappa shape index (κ1) is 25.1. The van der Waals surface area contributed by atoms with E-state index in [4.69, 9.17) is 0 Å². The molecule has 0 aliphatic carbocycles. The zero-order valence-corrected chi connectivity index (χ0v) is 19.3. The van der Waals surface area contributed by atoms with Crippen LogP contribution in [0.3, 0.4) is 0 Å². The van der Waals surface area contributed by atoms with Gasteiger partial charge in [-0.3, -0.25) is 24.1 Å². The van der Waals surface area contributed by atoms with Gasteiger partial charge in [0.2, 0.25) is 5.91 Å². The Bertz CT molecular complexity index is 1120. The first-order valence-corrected chi connectivity index (χ1v) is 11.3. The first-order chi connectivity index (χ1) is 16.2. The topological polar surface area (TPSA) is 95.6 Å². The number of hydrogen-bond donors (Lipinski definition) is 2. The molecule has 1 aliphatic rings. The summed E-state index contributed by atoms with van der Waals surface area (Å²) in [6.45, 7) is 3.20. The molecule has 7 nitrogen and oxygen atoms in total. The number of amides is 4. The lowest BCUT2D eigenvalue weighted by Crippen LogP contribution is -2.51. The Kier molecular flexibility index (Phi) is 8.17. The van der Waals surface area contributed by atoms with Gasteiger partial charge in [-0.25, -0.2) is 8.78 Å². The lowest BCUT2D eigenvalue weighted by molar-refractivity contribution is -0.125. The Hall–Kier alpha value is -3.53. The fraction of sp³-hybridized carbons (Fsp3) is 0.250. The first-order valence-electron chi connectivity index (χ1n) is 10.5. The smallest absolute Gasteiger partial charge is 0.293 e. The summed E-state index contributed by atoms with van der Waals surface area (Å²) in [7, 11) is 0. The zero-order chi connectivity index (χ0) is 24.8. The van der Waals surface area contributed by atoms with Crippen LogP contribution < -0.4 is 10.6 Å². The molecule has 2 N–H and O–H groups in total. The van der Waals surface area contributed by atoms with Crippen molar-refractivity contribution in [2.24, 2.45) is 5.92 Å². The van der Waals surface area contributed by atoms with Crippen molar-refractivity contribution in [2.45, 2.75) is 19.9 Å². The van der Waals surface area contributed by atoms with Crippen LogP contribution >= 0.6 is 11.8 Å². The Morgan fingerprint density at radius 2 is 1.68 bits per heavy atom. The summed E-state index contributed by atoms with van der Waals surface area (Å²) in [5, 5.41) is 4.47. The lowest BCUT2D eigenvalue weighted by atomic mass is 10.0. The van der Waals surface area contributed by atoms with Gasteiger partial charge in [-0.1, -0.05) is 50.2 Å². The van der Waals surface area contributed by atoms with Crippen LogP contribution in [0.4, 0.5) is 13.6 Å². The number of nitrogens with zero attached hydrogens (tertiary/aromatic N) is 1. The third-order valence-electron chi connectivity index (χ3n) is 5.03. The molecular formula is C24H23F2N3O4S. The van der Waals surface area contributed by atoms with Crippen molar-refractivity contribution in [1.29, 1.82) is 0 Å². The van der Waals surface area contributed by atoms with Crippen molar-refractivity contribution in [2.75, 3.05) is 13.1 Å². The third kappa shape index (κ3) is 5.88. The van der Waals surface area contributed by atoms with Crippen LogP contribution in [0.1, 0.15) is 29.8 Å². The van der Waals surface area contributed by atoms with Gasteiger partial charge >= 0.3 is 0 Å². The molecule has 3 rings (SSSR count). The molecule has 4 amide bonds. The number of benzene rings is 2. The van der Waals surface area contributed by atoms with E-state index in [2.05, 4.69) is 10.6 Å². The van der Waals surface area contributed by atoms with Gasteiger partial charge < -0.3 is 10.6 Å². The maximum absolute atomic E-state index is 13.9. The highest BCUT2D eigenvalue weighted by Gasteiger charge is 2.35. The summed E-state index contributed by atoms with van der Waals surface area (Å²) in [6, 6.07) is 11.0. The van der Waals surface area contributed by atoms with E-state index in [1.165, 1.54) is 0 Å². The Morgan fingerprint density at radius 1 is 1.03 bits per heavy atom. The second kappa shape index (κ2) is 11.1. The van der Waals surface area contributed by atoms with Crippen molar-refractivity contribution < 1.29 is 28.0 Å². The van der Waals surface area contributed by atoms with Crippen molar-refractivity contribution in [3.05, 3.63) is 76.2 Å². The molecule has 1 fully saturated rings. The minimum absolute atomic E-state index is 0.0529. The van der Waals surface area contributed by atoms with Crippen molar-refractivity contribution in [3.63, 3.8) is 0 Å². The third-order valence-corrected chi connectivity index (χ3v) is 5.94. The summed E-state index contributed by atoms with van der Waals surface area (Å²) in [5.74, 6) is -4.60. The number of halogens is 2.